The number of aromatic nitrogens is 1. The molecule has 29 heavy (non-hydrogen) atoms. The standard InChI is InChI=1S/C22H32N4O2S/c1-5-19(27)26-18(12-20-24-15(4)21(29-20)14(2)3)22(28)25-17(13-23)11-16-9-7-6-8-10-16/h6-10,14,17-18H,5,11-13,23H2,1-4H3,(H,25,28)(H,26,27). The van der Waals surface area contributed by atoms with Crippen LogP contribution in [0.25, 0.3) is 0 Å². The van der Waals surface area contributed by atoms with Crippen molar-refractivity contribution in [2.24, 2.45) is 5.73 Å². The highest BCUT2D eigenvalue weighted by Crippen LogP contribution is 2.26. The molecule has 7 heteroatoms. The summed E-state index contributed by atoms with van der Waals surface area (Å²) >= 11 is 1.61. The van der Waals surface area contributed by atoms with E-state index in [-0.39, 0.29) is 17.9 Å². The Labute approximate surface area is 177 Å². The molecule has 2 rings (SSSR count). The van der Waals surface area contributed by atoms with Gasteiger partial charge in [-0.05, 0) is 24.8 Å². The van der Waals surface area contributed by atoms with Crippen molar-refractivity contribution in [3.63, 3.8) is 0 Å². The molecule has 0 radical (unpaired) electrons. The fraction of sp³-hybridized carbons (Fsp3) is 0.500. The minimum Gasteiger partial charge on any atom is -0.350 e. The smallest absolute Gasteiger partial charge is 0.243 e. The molecule has 158 valence electrons. The molecule has 4 N–H and O–H groups in total. The van der Waals surface area contributed by atoms with Gasteiger partial charge in [-0.25, -0.2) is 4.98 Å². The van der Waals surface area contributed by atoms with Gasteiger partial charge in [-0.3, -0.25) is 9.59 Å². The number of rotatable bonds is 10. The van der Waals surface area contributed by atoms with E-state index < -0.39 is 6.04 Å². The quantitative estimate of drug-likeness (QED) is 0.555. The van der Waals surface area contributed by atoms with Gasteiger partial charge in [-0.2, -0.15) is 0 Å². The van der Waals surface area contributed by atoms with E-state index in [1.165, 1.54) is 4.88 Å². The van der Waals surface area contributed by atoms with Crippen molar-refractivity contribution in [3.8, 4) is 0 Å². The van der Waals surface area contributed by atoms with Crippen LogP contribution in [-0.4, -0.2) is 35.4 Å². The number of nitrogens with zero attached hydrogens (tertiary/aromatic N) is 1. The van der Waals surface area contributed by atoms with E-state index in [1.807, 2.05) is 37.3 Å². The van der Waals surface area contributed by atoms with Crippen LogP contribution in [0, 0.1) is 6.92 Å². The SMILES string of the molecule is CCC(=O)NC(Cc1nc(C)c(C(C)C)s1)C(=O)NC(CN)Cc1ccccc1. The topological polar surface area (TPSA) is 97.1 Å². The van der Waals surface area contributed by atoms with Crippen molar-refractivity contribution >= 4 is 23.2 Å². The normalized spacial score (nSPS) is 13.2. The highest BCUT2D eigenvalue weighted by Gasteiger charge is 2.25. The summed E-state index contributed by atoms with van der Waals surface area (Å²) < 4.78 is 0. The zero-order valence-electron chi connectivity index (χ0n) is 17.7. The van der Waals surface area contributed by atoms with Gasteiger partial charge in [0.1, 0.15) is 6.04 Å². The first kappa shape index (κ1) is 23.0. The number of hydrogen-bond donors (Lipinski definition) is 3. The first-order valence-electron chi connectivity index (χ1n) is 10.1. The fourth-order valence-electron chi connectivity index (χ4n) is 3.16. The Morgan fingerprint density at radius 2 is 1.83 bits per heavy atom. The summed E-state index contributed by atoms with van der Waals surface area (Å²) in [5.41, 5.74) is 7.99. The molecule has 1 heterocycles. The fourth-order valence-corrected chi connectivity index (χ4v) is 4.28. The van der Waals surface area contributed by atoms with Crippen molar-refractivity contribution in [2.45, 2.75) is 65.0 Å². The summed E-state index contributed by atoms with van der Waals surface area (Å²) in [5.74, 6) is -0.00162. The van der Waals surface area contributed by atoms with E-state index in [9.17, 15) is 9.59 Å². The maximum Gasteiger partial charge on any atom is 0.243 e. The second-order valence-corrected chi connectivity index (χ2v) is 8.64. The van der Waals surface area contributed by atoms with Crippen LogP contribution >= 0.6 is 11.3 Å². The Morgan fingerprint density at radius 1 is 1.14 bits per heavy atom. The van der Waals surface area contributed by atoms with Crippen molar-refractivity contribution in [1.82, 2.24) is 15.6 Å². The van der Waals surface area contributed by atoms with E-state index in [4.69, 9.17) is 5.73 Å². The van der Waals surface area contributed by atoms with E-state index in [2.05, 4.69) is 29.5 Å². The molecule has 1 aromatic heterocycles. The number of hydrogen-bond acceptors (Lipinski definition) is 5. The molecule has 0 bridgehead atoms. The predicted octanol–water partition coefficient (Wildman–Crippen LogP) is 2.70. The summed E-state index contributed by atoms with van der Waals surface area (Å²) in [6, 6.07) is 9.04. The van der Waals surface area contributed by atoms with Crippen LogP contribution < -0.4 is 16.4 Å². The molecule has 2 aromatic rings. The van der Waals surface area contributed by atoms with Gasteiger partial charge in [0.25, 0.3) is 0 Å². The van der Waals surface area contributed by atoms with Crippen LogP contribution in [0.3, 0.4) is 0 Å². The molecule has 0 saturated carbocycles. The van der Waals surface area contributed by atoms with Crippen molar-refractivity contribution in [1.29, 1.82) is 0 Å². The number of thiazole rings is 1. The minimum absolute atomic E-state index is 0.158. The Balaban J connectivity index is 2.11. The van der Waals surface area contributed by atoms with Gasteiger partial charge in [-0.15, -0.1) is 11.3 Å². The Morgan fingerprint density at radius 3 is 2.38 bits per heavy atom. The molecule has 1 aromatic carbocycles. The first-order chi connectivity index (χ1) is 13.8. The third-order valence-corrected chi connectivity index (χ3v) is 6.19. The van der Waals surface area contributed by atoms with Gasteiger partial charge in [0.05, 0.1) is 10.7 Å². The molecule has 0 fully saturated rings. The largest absolute Gasteiger partial charge is 0.350 e. The van der Waals surface area contributed by atoms with Gasteiger partial charge in [0.15, 0.2) is 0 Å². The van der Waals surface area contributed by atoms with E-state index in [1.54, 1.807) is 18.3 Å². The maximum absolute atomic E-state index is 13.0. The van der Waals surface area contributed by atoms with Gasteiger partial charge in [0.2, 0.25) is 11.8 Å². The van der Waals surface area contributed by atoms with Crippen LogP contribution in [-0.2, 0) is 22.4 Å². The summed E-state index contributed by atoms with van der Waals surface area (Å²) in [7, 11) is 0. The summed E-state index contributed by atoms with van der Waals surface area (Å²) in [4.78, 5) is 30.8. The zero-order chi connectivity index (χ0) is 21.4. The molecule has 2 atom stereocenters. The van der Waals surface area contributed by atoms with Crippen LogP contribution in [0.4, 0.5) is 0 Å². The van der Waals surface area contributed by atoms with Crippen molar-refractivity contribution in [2.75, 3.05) is 6.54 Å². The lowest BCUT2D eigenvalue weighted by atomic mass is 10.1. The predicted molar refractivity (Wildman–Crippen MR) is 118 cm³/mol. The van der Waals surface area contributed by atoms with Gasteiger partial charge < -0.3 is 16.4 Å². The van der Waals surface area contributed by atoms with Gasteiger partial charge in [-0.1, -0.05) is 51.1 Å². The lowest BCUT2D eigenvalue weighted by Gasteiger charge is -2.22. The number of carbonyl (C=O) groups excluding carboxylic acids is 2. The molecular formula is C22H32N4O2S. The Hall–Kier alpha value is -2.25. The Kier molecular flexibility index (Phi) is 8.79. The molecule has 0 aliphatic heterocycles. The monoisotopic (exact) mass is 416 g/mol. The van der Waals surface area contributed by atoms with E-state index in [0.717, 1.165) is 16.3 Å². The van der Waals surface area contributed by atoms with Crippen LogP contribution in [0.1, 0.15) is 54.3 Å². The van der Waals surface area contributed by atoms with Crippen LogP contribution in [0.5, 0.6) is 0 Å². The number of nitrogens with one attached hydrogen (secondary N) is 2. The van der Waals surface area contributed by atoms with Gasteiger partial charge in [0, 0.05) is 30.3 Å². The minimum atomic E-state index is -0.669. The third-order valence-electron chi connectivity index (χ3n) is 4.71. The molecule has 0 spiro atoms. The second kappa shape index (κ2) is 11.1. The number of amides is 2. The Bertz CT molecular complexity index is 804. The molecule has 2 amide bonds. The number of nitrogens with two attached hydrogens (primary N) is 1. The van der Waals surface area contributed by atoms with E-state index >= 15 is 0 Å². The maximum atomic E-state index is 13.0. The van der Waals surface area contributed by atoms with Crippen LogP contribution in [0.15, 0.2) is 30.3 Å². The second-order valence-electron chi connectivity index (χ2n) is 7.52. The number of benzene rings is 1. The summed E-state index contributed by atoms with van der Waals surface area (Å²) in [6.45, 7) is 8.33. The highest BCUT2D eigenvalue weighted by molar-refractivity contribution is 7.11. The van der Waals surface area contributed by atoms with Crippen molar-refractivity contribution in [3.05, 3.63) is 51.5 Å². The van der Waals surface area contributed by atoms with Crippen molar-refractivity contribution < 1.29 is 9.59 Å². The molecular weight excluding hydrogens is 384 g/mol. The molecule has 2 unspecified atom stereocenters. The lowest BCUT2D eigenvalue weighted by Crippen LogP contribution is -2.52. The summed E-state index contributed by atoms with van der Waals surface area (Å²) in [5, 5.41) is 6.71. The first-order valence-corrected chi connectivity index (χ1v) is 11.0. The van der Waals surface area contributed by atoms with Gasteiger partial charge >= 0.3 is 0 Å². The summed E-state index contributed by atoms with van der Waals surface area (Å²) in [6.07, 6.45) is 1.34. The molecule has 0 saturated heterocycles. The average molecular weight is 417 g/mol. The third kappa shape index (κ3) is 6.94. The number of carbonyl (C=O) groups is 2. The average Bonchev–Trinajstić information content (AvgIpc) is 3.07. The highest BCUT2D eigenvalue weighted by atomic mass is 32.1. The van der Waals surface area contributed by atoms with E-state index in [0.29, 0.717) is 31.7 Å². The molecule has 0 aliphatic carbocycles. The molecule has 6 nitrogen and oxygen atoms in total. The number of aryl methyl sites for hydroxylation is 1. The zero-order valence-corrected chi connectivity index (χ0v) is 18.5. The van der Waals surface area contributed by atoms with Crippen LogP contribution in [0.2, 0.25) is 0 Å². The lowest BCUT2D eigenvalue weighted by molar-refractivity contribution is -0.129. The molecule has 0 aliphatic rings.